The largest absolute Gasteiger partial charge is 0.483 e. The Morgan fingerprint density at radius 3 is 2.38 bits per heavy atom. The van der Waals surface area contributed by atoms with Gasteiger partial charge in [-0.15, -0.1) is 0 Å². The second-order valence-corrected chi connectivity index (χ2v) is 8.73. The number of fused-ring (bicyclic) bond motifs is 1. The molecule has 0 aromatic heterocycles. The minimum absolute atomic E-state index is 0.419. The van der Waals surface area contributed by atoms with Gasteiger partial charge >= 0.3 is 5.97 Å². The molecule has 0 atom stereocenters. The van der Waals surface area contributed by atoms with Gasteiger partial charge in [0.25, 0.3) is 0 Å². The molecule has 32 heavy (non-hydrogen) atoms. The highest BCUT2D eigenvalue weighted by Crippen LogP contribution is 2.40. The first-order valence-corrected chi connectivity index (χ1v) is 10.8. The first-order chi connectivity index (χ1) is 15.3. The molecule has 0 radical (unpaired) electrons. The smallest absolute Gasteiger partial charge is 0.352 e. The lowest BCUT2D eigenvalue weighted by Gasteiger charge is -2.31. The summed E-state index contributed by atoms with van der Waals surface area (Å²) in [5.41, 5.74) is 5.32. The van der Waals surface area contributed by atoms with Gasteiger partial charge in [-0.1, -0.05) is 56.3 Å². The maximum Gasteiger partial charge on any atom is 0.352 e. The fraction of sp³-hybridized carbons (Fsp3) is 0.207. The highest BCUT2D eigenvalue weighted by Gasteiger charge is 2.27. The van der Waals surface area contributed by atoms with Crippen molar-refractivity contribution in [2.24, 2.45) is 0 Å². The SMILES string of the molecule is CC(C)c1ccc(C2=CC(C)(C)Oc3ccc(C#COC(=O)c4ccccc4)cc32)cc1. The number of carbonyl (C=O) groups excluding carboxylic acids is 1. The molecule has 0 N–H and O–H groups in total. The van der Waals surface area contributed by atoms with E-state index in [-0.39, 0.29) is 0 Å². The Morgan fingerprint density at radius 2 is 1.69 bits per heavy atom. The Morgan fingerprint density at radius 1 is 0.969 bits per heavy atom. The van der Waals surface area contributed by atoms with Crippen molar-refractivity contribution in [3.63, 3.8) is 0 Å². The molecule has 3 aromatic carbocycles. The Balaban J connectivity index is 1.63. The summed E-state index contributed by atoms with van der Waals surface area (Å²) in [6.07, 6.45) is 4.68. The minimum Gasteiger partial charge on any atom is -0.483 e. The van der Waals surface area contributed by atoms with Gasteiger partial charge in [-0.2, -0.15) is 0 Å². The van der Waals surface area contributed by atoms with E-state index in [0.29, 0.717) is 11.5 Å². The van der Waals surface area contributed by atoms with E-state index >= 15 is 0 Å². The van der Waals surface area contributed by atoms with Crippen LogP contribution in [0.15, 0.2) is 78.9 Å². The second-order valence-electron chi connectivity index (χ2n) is 8.73. The lowest BCUT2D eigenvalue weighted by Crippen LogP contribution is -2.29. The van der Waals surface area contributed by atoms with Crippen molar-refractivity contribution in [1.82, 2.24) is 0 Å². The number of carbonyl (C=O) groups is 1. The molecule has 1 heterocycles. The van der Waals surface area contributed by atoms with Crippen LogP contribution >= 0.6 is 0 Å². The quantitative estimate of drug-likeness (QED) is 0.353. The van der Waals surface area contributed by atoms with E-state index in [4.69, 9.17) is 9.47 Å². The Hall–Kier alpha value is -3.77. The summed E-state index contributed by atoms with van der Waals surface area (Å²) in [5, 5.41) is 0. The van der Waals surface area contributed by atoms with Gasteiger partial charge in [0.15, 0.2) is 0 Å². The van der Waals surface area contributed by atoms with Gasteiger partial charge in [-0.3, -0.25) is 0 Å². The molecular weight excluding hydrogens is 396 g/mol. The highest BCUT2D eigenvalue weighted by molar-refractivity contribution is 5.90. The van der Waals surface area contributed by atoms with Crippen LogP contribution in [0.3, 0.4) is 0 Å². The molecule has 3 aromatic rings. The van der Waals surface area contributed by atoms with Crippen LogP contribution in [0.4, 0.5) is 0 Å². The molecule has 0 saturated heterocycles. The molecule has 0 fully saturated rings. The zero-order valence-corrected chi connectivity index (χ0v) is 18.8. The van der Waals surface area contributed by atoms with E-state index in [1.807, 2.05) is 24.3 Å². The molecule has 160 valence electrons. The van der Waals surface area contributed by atoms with Gasteiger partial charge < -0.3 is 9.47 Å². The summed E-state index contributed by atoms with van der Waals surface area (Å²) < 4.78 is 11.3. The van der Waals surface area contributed by atoms with Crippen LogP contribution in [0, 0.1) is 12.0 Å². The fourth-order valence-corrected chi connectivity index (χ4v) is 3.70. The lowest BCUT2D eigenvalue weighted by atomic mass is 9.88. The predicted molar refractivity (Wildman–Crippen MR) is 127 cm³/mol. The van der Waals surface area contributed by atoms with E-state index in [1.165, 1.54) is 5.56 Å². The summed E-state index contributed by atoms with van der Waals surface area (Å²) in [4.78, 5) is 12.1. The molecule has 0 spiro atoms. The van der Waals surface area contributed by atoms with Crippen LogP contribution in [0.2, 0.25) is 0 Å². The number of ether oxygens (including phenoxy) is 2. The Bertz CT molecular complexity index is 1220. The molecular formula is C29H26O3. The summed E-state index contributed by atoms with van der Waals surface area (Å²) in [7, 11) is 0. The van der Waals surface area contributed by atoms with Crippen LogP contribution in [-0.4, -0.2) is 11.6 Å². The molecule has 4 rings (SSSR count). The van der Waals surface area contributed by atoms with Crippen LogP contribution < -0.4 is 4.74 Å². The molecule has 0 bridgehead atoms. The number of esters is 1. The van der Waals surface area contributed by atoms with Gasteiger partial charge in [-0.25, -0.2) is 4.79 Å². The number of hydrogen-bond donors (Lipinski definition) is 0. The maximum absolute atomic E-state index is 12.1. The molecule has 0 unspecified atom stereocenters. The van der Waals surface area contributed by atoms with Crippen molar-refractivity contribution in [1.29, 1.82) is 0 Å². The summed E-state index contributed by atoms with van der Waals surface area (Å²) >= 11 is 0. The van der Waals surface area contributed by atoms with Crippen LogP contribution in [-0.2, 0) is 4.74 Å². The Kier molecular flexibility index (Phi) is 5.88. The normalized spacial score (nSPS) is 13.8. The van der Waals surface area contributed by atoms with Gasteiger partial charge in [0.2, 0.25) is 0 Å². The third kappa shape index (κ3) is 4.76. The average molecular weight is 423 g/mol. The van der Waals surface area contributed by atoms with Gasteiger partial charge in [0.1, 0.15) is 17.5 Å². The highest BCUT2D eigenvalue weighted by atomic mass is 16.5. The molecule has 0 aliphatic carbocycles. The van der Waals surface area contributed by atoms with E-state index in [1.54, 1.807) is 24.3 Å². The molecule has 1 aliphatic heterocycles. The monoisotopic (exact) mass is 422 g/mol. The van der Waals surface area contributed by atoms with Crippen LogP contribution in [0.5, 0.6) is 5.75 Å². The zero-order chi connectivity index (χ0) is 22.7. The molecule has 0 amide bonds. The molecule has 1 aliphatic rings. The van der Waals surface area contributed by atoms with Crippen molar-refractivity contribution < 1.29 is 14.3 Å². The third-order valence-electron chi connectivity index (χ3n) is 5.37. The first kappa shape index (κ1) is 21.5. The predicted octanol–water partition coefficient (Wildman–Crippen LogP) is 6.58. The number of rotatable bonds is 3. The van der Waals surface area contributed by atoms with E-state index in [2.05, 4.69) is 70.1 Å². The van der Waals surface area contributed by atoms with Crippen molar-refractivity contribution in [2.75, 3.05) is 0 Å². The number of benzene rings is 3. The number of hydrogen-bond acceptors (Lipinski definition) is 3. The van der Waals surface area contributed by atoms with Gasteiger partial charge in [0.05, 0.1) is 5.56 Å². The van der Waals surface area contributed by atoms with Crippen LogP contribution in [0.1, 0.15) is 66.2 Å². The van der Waals surface area contributed by atoms with E-state index in [9.17, 15) is 4.79 Å². The lowest BCUT2D eigenvalue weighted by molar-refractivity contribution is 0.0690. The van der Waals surface area contributed by atoms with Crippen LogP contribution in [0.25, 0.3) is 5.57 Å². The molecule has 3 heteroatoms. The topological polar surface area (TPSA) is 35.5 Å². The van der Waals surface area contributed by atoms with E-state index < -0.39 is 11.6 Å². The average Bonchev–Trinajstić information content (AvgIpc) is 2.79. The van der Waals surface area contributed by atoms with Gasteiger partial charge in [-0.05, 0) is 78.8 Å². The molecule has 0 saturated carbocycles. The minimum atomic E-state index is -0.466. The standard InChI is InChI=1S/C29H26O3/c1-20(2)22-11-13-23(14-12-22)26-19-29(3,4)32-27-15-10-21(18-25(26)27)16-17-31-28(30)24-8-6-5-7-9-24/h5-15,18-20H,1-4H3. The first-order valence-electron chi connectivity index (χ1n) is 10.8. The summed E-state index contributed by atoms with van der Waals surface area (Å²) in [6.45, 7) is 8.48. The van der Waals surface area contributed by atoms with Crippen molar-refractivity contribution >= 4 is 11.5 Å². The van der Waals surface area contributed by atoms with E-state index in [0.717, 1.165) is 28.0 Å². The van der Waals surface area contributed by atoms with Crippen molar-refractivity contribution in [2.45, 2.75) is 39.2 Å². The third-order valence-corrected chi connectivity index (χ3v) is 5.37. The second kappa shape index (κ2) is 8.77. The maximum atomic E-state index is 12.1. The van der Waals surface area contributed by atoms with Crippen molar-refractivity contribution in [3.05, 3.63) is 107 Å². The van der Waals surface area contributed by atoms with Crippen molar-refractivity contribution in [3.8, 4) is 17.8 Å². The Labute approximate surface area is 189 Å². The summed E-state index contributed by atoms with van der Waals surface area (Å²) in [5.74, 6) is 3.77. The molecule has 3 nitrogen and oxygen atoms in total. The summed E-state index contributed by atoms with van der Waals surface area (Å²) in [6, 6.07) is 23.3. The fourth-order valence-electron chi connectivity index (χ4n) is 3.70. The zero-order valence-electron chi connectivity index (χ0n) is 18.8. The van der Waals surface area contributed by atoms with Gasteiger partial charge in [0, 0.05) is 11.1 Å².